The van der Waals surface area contributed by atoms with Crippen LogP contribution in [0, 0.1) is 0 Å². The quantitative estimate of drug-likeness (QED) is 0.809. The first-order chi connectivity index (χ1) is 10.1. The molecule has 0 aromatic carbocycles. The molecule has 0 unspecified atom stereocenters. The molecule has 0 spiro atoms. The third kappa shape index (κ3) is 4.50. The number of likely N-dealkylation sites (N-methyl/N-ethyl adjacent to an activating group) is 1. The Bertz CT molecular complexity index is 475. The van der Waals surface area contributed by atoms with E-state index in [0.29, 0.717) is 18.7 Å². The normalized spacial score (nSPS) is 18.5. The van der Waals surface area contributed by atoms with Gasteiger partial charge in [0.1, 0.15) is 5.69 Å². The van der Waals surface area contributed by atoms with Crippen molar-refractivity contribution in [2.75, 3.05) is 33.7 Å². The van der Waals surface area contributed by atoms with E-state index < -0.39 is 0 Å². The van der Waals surface area contributed by atoms with Crippen LogP contribution in [0.3, 0.4) is 0 Å². The maximum Gasteiger partial charge on any atom is 0.270 e. The zero-order valence-electron chi connectivity index (χ0n) is 12.5. The molecule has 2 amide bonds. The van der Waals surface area contributed by atoms with E-state index in [2.05, 4.69) is 15.2 Å². The second-order valence-electron chi connectivity index (χ2n) is 5.50. The Morgan fingerprint density at radius 3 is 3.05 bits per heavy atom. The molecule has 0 bridgehead atoms. The van der Waals surface area contributed by atoms with Gasteiger partial charge in [0.2, 0.25) is 5.91 Å². The second-order valence-corrected chi connectivity index (χ2v) is 6.22. The van der Waals surface area contributed by atoms with Crippen molar-refractivity contribution in [2.24, 2.45) is 0 Å². The number of likely N-dealkylation sites (tertiary alicyclic amines) is 1. The maximum atomic E-state index is 11.9. The first-order valence-electron chi connectivity index (χ1n) is 7.18. The van der Waals surface area contributed by atoms with Gasteiger partial charge in [-0.05, 0) is 26.9 Å². The number of carbonyl (C=O) groups excluding carboxylic acids is 2. The molecule has 1 atom stereocenters. The van der Waals surface area contributed by atoms with Crippen molar-refractivity contribution in [3.63, 3.8) is 0 Å². The molecule has 1 N–H and O–H groups in total. The number of thiazole rings is 1. The molecule has 1 aromatic rings. The summed E-state index contributed by atoms with van der Waals surface area (Å²) < 4.78 is 0. The fourth-order valence-corrected chi connectivity index (χ4v) is 3.01. The predicted octanol–water partition coefficient (Wildman–Crippen LogP) is 0.816. The minimum atomic E-state index is -0.139. The van der Waals surface area contributed by atoms with Gasteiger partial charge < -0.3 is 15.1 Å². The molecule has 2 heterocycles. The van der Waals surface area contributed by atoms with Gasteiger partial charge in [-0.2, -0.15) is 0 Å². The van der Waals surface area contributed by atoms with Crippen LogP contribution in [0.25, 0.3) is 0 Å². The molecule has 0 saturated carbocycles. The van der Waals surface area contributed by atoms with Gasteiger partial charge in [-0.3, -0.25) is 9.59 Å². The summed E-state index contributed by atoms with van der Waals surface area (Å²) in [7, 11) is 4.01. The van der Waals surface area contributed by atoms with Gasteiger partial charge in [0.05, 0.1) is 5.51 Å². The van der Waals surface area contributed by atoms with Gasteiger partial charge in [0.25, 0.3) is 5.91 Å². The zero-order valence-corrected chi connectivity index (χ0v) is 13.4. The second kappa shape index (κ2) is 7.51. The van der Waals surface area contributed by atoms with Crippen molar-refractivity contribution in [1.82, 2.24) is 20.1 Å². The molecule has 6 nitrogen and oxygen atoms in total. The zero-order chi connectivity index (χ0) is 15.2. The molecular weight excluding hydrogens is 288 g/mol. The van der Waals surface area contributed by atoms with Crippen LogP contribution in [-0.2, 0) is 4.79 Å². The molecule has 1 aromatic heterocycles. The minimum Gasteiger partial charge on any atom is -0.351 e. The molecule has 1 fully saturated rings. The lowest BCUT2D eigenvalue weighted by molar-refractivity contribution is -0.129. The van der Waals surface area contributed by atoms with Gasteiger partial charge in [0.15, 0.2) is 0 Å². The van der Waals surface area contributed by atoms with Crippen molar-refractivity contribution >= 4 is 23.2 Å². The monoisotopic (exact) mass is 310 g/mol. The molecule has 2 rings (SSSR count). The van der Waals surface area contributed by atoms with E-state index in [-0.39, 0.29) is 17.9 Å². The highest BCUT2D eigenvalue weighted by atomic mass is 32.1. The summed E-state index contributed by atoms with van der Waals surface area (Å²) in [6.07, 6.45) is 2.31. The van der Waals surface area contributed by atoms with Crippen LogP contribution in [0.4, 0.5) is 0 Å². The van der Waals surface area contributed by atoms with E-state index in [4.69, 9.17) is 0 Å². The summed E-state index contributed by atoms with van der Waals surface area (Å²) in [6.45, 7) is 2.21. The molecule has 116 valence electrons. The third-order valence-electron chi connectivity index (χ3n) is 3.67. The van der Waals surface area contributed by atoms with Crippen LogP contribution in [0.15, 0.2) is 10.9 Å². The summed E-state index contributed by atoms with van der Waals surface area (Å²) >= 11 is 1.41. The summed E-state index contributed by atoms with van der Waals surface area (Å²) in [4.78, 5) is 31.7. The highest BCUT2D eigenvalue weighted by molar-refractivity contribution is 7.07. The van der Waals surface area contributed by atoms with E-state index in [0.717, 1.165) is 25.9 Å². The van der Waals surface area contributed by atoms with Crippen molar-refractivity contribution < 1.29 is 9.59 Å². The smallest absolute Gasteiger partial charge is 0.270 e. The van der Waals surface area contributed by atoms with Gasteiger partial charge in [0, 0.05) is 37.5 Å². The van der Waals surface area contributed by atoms with Crippen molar-refractivity contribution in [2.45, 2.75) is 25.3 Å². The van der Waals surface area contributed by atoms with Gasteiger partial charge in [-0.25, -0.2) is 4.98 Å². The lowest BCUT2D eigenvalue weighted by Crippen LogP contribution is -2.40. The Labute approximate surface area is 129 Å². The average molecular weight is 310 g/mol. The topological polar surface area (TPSA) is 65.5 Å². The van der Waals surface area contributed by atoms with E-state index >= 15 is 0 Å². The van der Waals surface area contributed by atoms with Crippen molar-refractivity contribution in [3.8, 4) is 0 Å². The van der Waals surface area contributed by atoms with Crippen LogP contribution < -0.4 is 5.32 Å². The summed E-state index contributed by atoms with van der Waals surface area (Å²) in [6, 6.07) is 0.244. The fraction of sp³-hybridized carbons (Fsp3) is 0.643. The SMILES string of the molecule is CN(C)CCN1C(=O)CC[C@H]1CCNC(=O)c1cscn1. The molecule has 1 aliphatic rings. The van der Waals surface area contributed by atoms with E-state index in [1.807, 2.05) is 19.0 Å². The predicted molar refractivity (Wildman–Crippen MR) is 82.4 cm³/mol. The number of nitrogens with zero attached hydrogens (tertiary/aromatic N) is 3. The molecular formula is C14H22N4O2S. The summed E-state index contributed by atoms with van der Waals surface area (Å²) in [5.41, 5.74) is 2.11. The molecule has 0 aliphatic carbocycles. The van der Waals surface area contributed by atoms with Crippen LogP contribution in [0.5, 0.6) is 0 Å². The van der Waals surface area contributed by atoms with E-state index in [9.17, 15) is 9.59 Å². The van der Waals surface area contributed by atoms with E-state index in [1.165, 1.54) is 11.3 Å². The Morgan fingerprint density at radius 2 is 2.38 bits per heavy atom. The van der Waals surface area contributed by atoms with Crippen LogP contribution in [0.2, 0.25) is 0 Å². The van der Waals surface area contributed by atoms with Gasteiger partial charge in [-0.1, -0.05) is 0 Å². The Kier molecular flexibility index (Phi) is 5.69. The first-order valence-corrected chi connectivity index (χ1v) is 8.13. The Balaban J connectivity index is 1.76. The number of carbonyl (C=O) groups is 2. The standard InChI is InChI=1S/C14H22N4O2S/c1-17(2)7-8-18-11(3-4-13(18)19)5-6-15-14(20)12-9-21-10-16-12/h9-11H,3-8H2,1-2H3,(H,15,20)/t11-/m0/s1. The molecule has 1 aliphatic heterocycles. The first kappa shape index (κ1) is 15.9. The fourth-order valence-electron chi connectivity index (χ4n) is 2.48. The highest BCUT2D eigenvalue weighted by Gasteiger charge is 2.30. The number of hydrogen-bond donors (Lipinski definition) is 1. The lowest BCUT2D eigenvalue weighted by atomic mass is 10.1. The maximum absolute atomic E-state index is 11.9. The van der Waals surface area contributed by atoms with Crippen molar-refractivity contribution in [1.29, 1.82) is 0 Å². The number of rotatable bonds is 7. The summed E-state index contributed by atoms with van der Waals surface area (Å²) in [5.74, 6) is 0.0908. The molecule has 7 heteroatoms. The minimum absolute atomic E-state index is 0.139. The van der Waals surface area contributed by atoms with Gasteiger partial charge >= 0.3 is 0 Å². The largest absolute Gasteiger partial charge is 0.351 e. The van der Waals surface area contributed by atoms with Gasteiger partial charge in [-0.15, -0.1) is 11.3 Å². The summed E-state index contributed by atoms with van der Waals surface area (Å²) in [5, 5.41) is 4.60. The number of aromatic nitrogens is 1. The number of hydrogen-bond acceptors (Lipinski definition) is 5. The van der Waals surface area contributed by atoms with Crippen LogP contribution in [0.1, 0.15) is 29.8 Å². The van der Waals surface area contributed by atoms with E-state index in [1.54, 1.807) is 10.9 Å². The Morgan fingerprint density at radius 1 is 1.57 bits per heavy atom. The average Bonchev–Trinajstić information content (AvgIpc) is 3.07. The molecule has 21 heavy (non-hydrogen) atoms. The Hall–Kier alpha value is -1.47. The highest BCUT2D eigenvalue weighted by Crippen LogP contribution is 2.20. The van der Waals surface area contributed by atoms with Crippen molar-refractivity contribution in [3.05, 3.63) is 16.6 Å². The number of amides is 2. The van der Waals surface area contributed by atoms with Crippen LogP contribution in [-0.4, -0.2) is 66.4 Å². The molecule has 1 saturated heterocycles. The lowest BCUT2D eigenvalue weighted by Gasteiger charge is -2.26. The number of nitrogens with one attached hydrogen (secondary N) is 1. The van der Waals surface area contributed by atoms with Crippen LogP contribution >= 0.6 is 11.3 Å². The molecule has 0 radical (unpaired) electrons. The third-order valence-corrected chi connectivity index (χ3v) is 4.26.